The van der Waals surface area contributed by atoms with Crippen LogP contribution in [-0.4, -0.2) is 35.4 Å². The number of amides is 2. The van der Waals surface area contributed by atoms with Crippen LogP contribution in [0.2, 0.25) is 0 Å². The van der Waals surface area contributed by atoms with Crippen LogP contribution in [0.5, 0.6) is 5.75 Å². The maximum Gasteiger partial charge on any atom is 0.261 e. The van der Waals surface area contributed by atoms with Gasteiger partial charge < -0.3 is 15.0 Å². The molecule has 0 aliphatic carbocycles. The van der Waals surface area contributed by atoms with Gasteiger partial charge in [-0.3, -0.25) is 9.59 Å². The summed E-state index contributed by atoms with van der Waals surface area (Å²) < 4.78 is 6.73. The first-order valence-electron chi connectivity index (χ1n) is 9.72. The highest BCUT2D eigenvalue weighted by molar-refractivity contribution is 9.10. The highest BCUT2D eigenvalue weighted by Crippen LogP contribution is 2.21. The van der Waals surface area contributed by atoms with Gasteiger partial charge in [0.05, 0.1) is 0 Å². The van der Waals surface area contributed by atoms with E-state index in [1.54, 1.807) is 11.8 Å². The fourth-order valence-corrected chi connectivity index (χ4v) is 3.37. The molecular formula is C23H29BrN2O3. The molecule has 2 aromatic rings. The third kappa shape index (κ3) is 6.60. The first-order valence-corrected chi connectivity index (χ1v) is 10.5. The summed E-state index contributed by atoms with van der Waals surface area (Å²) in [5, 5.41) is 2.88. The number of aryl methyl sites for hydroxylation is 1. The zero-order valence-electron chi connectivity index (χ0n) is 17.7. The van der Waals surface area contributed by atoms with Crippen LogP contribution in [0.1, 0.15) is 37.5 Å². The van der Waals surface area contributed by atoms with Crippen molar-refractivity contribution in [3.05, 3.63) is 63.6 Å². The third-order valence-corrected chi connectivity index (χ3v) is 5.24. The first kappa shape index (κ1) is 22.9. The van der Waals surface area contributed by atoms with Crippen molar-refractivity contribution in [2.24, 2.45) is 0 Å². The predicted molar refractivity (Wildman–Crippen MR) is 119 cm³/mol. The topological polar surface area (TPSA) is 58.6 Å². The fraction of sp³-hybridized carbons (Fsp3) is 0.391. The van der Waals surface area contributed by atoms with Crippen LogP contribution < -0.4 is 10.1 Å². The van der Waals surface area contributed by atoms with Crippen LogP contribution in [0.25, 0.3) is 0 Å². The number of halogens is 1. The van der Waals surface area contributed by atoms with Gasteiger partial charge in [-0.15, -0.1) is 0 Å². The second-order valence-electron chi connectivity index (χ2n) is 7.48. The Morgan fingerprint density at radius 3 is 2.45 bits per heavy atom. The average molecular weight is 461 g/mol. The molecule has 0 saturated carbocycles. The molecule has 156 valence electrons. The van der Waals surface area contributed by atoms with Crippen LogP contribution in [0.3, 0.4) is 0 Å². The van der Waals surface area contributed by atoms with E-state index in [1.165, 1.54) is 0 Å². The van der Waals surface area contributed by atoms with E-state index in [9.17, 15) is 9.59 Å². The molecule has 6 heteroatoms. The number of nitrogens with zero attached hydrogens (tertiary/aromatic N) is 1. The number of ether oxygens (including phenoxy) is 1. The number of carbonyl (C=O) groups is 2. The van der Waals surface area contributed by atoms with Crippen molar-refractivity contribution < 1.29 is 14.3 Å². The summed E-state index contributed by atoms with van der Waals surface area (Å²) in [5.41, 5.74) is 3.04. The molecule has 2 rings (SSSR count). The van der Waals surface area contributed by atoms with E-state index in [1.807, 2.05) is 70.2 Å². The third-order valence-electron chi connectivity index (χ3n) is 4.75. The highest BCUT2D eigenvalue weighted by Gasteiger charge is 2.27. The molecule has 0 heterocycles. The molecule has 0 aromatic heterocycles. The van der Waals surface area contributed by atoms with Gasteiger partial charge in [-0.05, 0) is 69.5 Å². The van der Waals surface area contributed by atoms with Gasteiger partial charge in [0, 0.05) is 17.1 Å². The minimum Gasteiger partial charge on any atom is -0.483 e. The standard InChI is InChI=1S/C23H29BrN2O3/c1-15(2)25-23(28)18(5)26(13-19-9-7-10-20(24)12-19)22(27)14-29-21-11-6-8-16(3)17(21)4/h6-12,15,18H,13-14H2,1-5H3,(H,25,28)/t18-/m1/s1. The molecule has 1 atom stereocenters. The second-order valence-corrected chi connectivity index (χ2v) is 8.39. The SMILES string of the molecule is Cc1cccc(OCC(=O)N(Cc2cccc(Br)c2)[C@H](C)C(=O)NC(C)C)c1C. The summed E-state index contributed by atoms with van der Waals surface area (Å²) in [6.07, 6.45) is 0. The van der Waals surface area contributed by atoms with Crippen LogP contribution in [0.15, 0.2) is 46.9 Å². The number of hydrogen-bond donors (Lipinski definition) is 1. The molecular weight excluding hydrogens is 432 g/mol. The highest BCUT2D eigenvalue weighted by atomic mass is 79.9. The van der Waals surface area contributed by atoms with Gasteiger partial charge >= 0.3 is 0 Å². The lowest BCUT2D eigenvalue weighted by Gasteiger charge is -2.29. The van der Waals surface area contributed by atoms with E-state index in [4.69, 9.17) is 4.74 Å². The van der Waals surface area contributed by atoms with Crippen molar-refractivity contribution in [3.63, 3.8) is 0 Å². The minimum atomic E-state index is -0.619. The normalized spacial score (nSPS) is 11.8. The molecule has 2 amide bonds. The van der Waals surface area contributed by atoms with Crippen LogP contribution in [0, 0.1) is 13.8 Å². The molecule has 29 heavy (non-hydrogen) atoms. The quantitative estimate of drug-likeness (QED) is 0.635. The lowest BCUT2D eigenvalue weighted by molar-refractivity contribution is -0.142. The van der Waals surface area contributed by atoms with Crippen molar-refractivity contribution in [1.82, 2.24) is 10.2 Å². The van der Waals surface area contributed by atoms with Gasteiger partial charge in [-0.25, -0.2) is 0 Å². The summed E-state index contributed by atoms with van der Waals surface area (Å²) in [4.78, 5) is 27.2. The summed E-state index contributed by atoms with van der Waals surface area (Å²) in [7, 11) is 0. The second kappa shape index (κ2) is 10.4. The number of carbonyl (C=O) groups excluding carboxylic acids is 2. The fourth-order valence-electron chi connectivity index (χ4n) is 2.92. The maximum atomic E-state index is 13.0. The Labute approximate surface area is 181 Å². The lowest BCUT2D eigenvalue weighted by Crippen LogP contribution is -2.50. The number of rotatable bonds is 8. The first-order chi connectivity index (χ1) is 13.7. The van der Waals surface area contributed by atoms with Crippen molar-refractivity contribution in [2.75, 3.05) is 6.61 Å². The zero-order valence-corrected chi connectivity index (χ0v) is 19.2. The molecule has 0 unspecified atom stereocenters. The van der Waals surface area contributed by atoms with Gasteiger partial charge in [-0.2, -0.15) is 0 Å². The lowest BCUT2D eigenvalue weighted by atomic mass is 10.1. The Bertz CT molecular complexity index is 867. The maximum absolute atomic E-state index is 13.0. The molecule has 0 fully saturated rings. The van der Waals surface area contributed by atoms with E-state index < -0.39 is 6.04 Å². The Balaban J connectivity index is 2.19. The van der Waals surface area contributed by atoms with E-state index in [0.29, 0.717) is 12.3 Å². The molecule has 0 bridgehead atoms. The Kier molecular flexibility index (Phi) is 8.26. The van der Waals surface area contributed by atoms with Crippen LogP contribution in [0.4, 0.5) is 0 Å². The monoisotopic (exact) mass is 460 g/mol. The van der Waals surface area contributed by atoms with E-state index in [0.717, 1.165) is 21.2 Å². The average Bonchev–Trinajstić information content (AvgIpc) is 2.66. The summed E-state index contributed by atoms with van der Waals surface area (Å²) in [5.74, 6) is 0.257. The van der Waals surface area contributed by atoms with Crippen molar-refractivity contribution in [3.8, 4) is 5.75 Å². The van der Waals surface area contributed by atoms with Gasteiger partial charge in [0.1, 0.15) is 11.8 Å². The molecule has 1 N–H and O–H groups in total. The molecule has 2 aromatic carbocycles. The predicted octanol–water partition coefficient (Wildman–Crippen LogP) is 4.39. The molecule has 0 radical (unpaired) electrons. The smallest absolute Gasteiger partial charge is 0.261 e. The molecule has 0 saturated heterocycles. The Morgan fingerprint density at radius 1 is 1.10 bits per heavy atom. The molecule has 5 nitrogen and oxygen atoms in total. The van der Waals surface area contributed by atoms with Gasteiger partial charge in [-0.1, -0.05) is 40.2 Å². The minimum absolute atomic E-state index is 0.000958. The summed E-state index contributed by atoms with van der Waals surface area (Å²) in [6.45, 7) is 9.70. The number of hydrogen-bond acceptors (Lipinski definition) is 3. The Morgan fingerprint density at radius 2 is 1.79 bits per heavy atom. The van der Waals surface area contributed by atoms with Crippen LogP contribution >= 0.6 is 15.9 Å². The zero-order chi connectivity index (χ0) is 21.6. The molecule has 0 aliphatic rings. The van der Waals surface area contributed by atoms with E-state index in [-0.39, 0.29) is 24.5 Å². The van der Waals surface area contributed by atoms with E-state index in [2.05, 4.69) is 21.2 Å². The van der Waals surface area contributed by atoms with Gasteiger partial charge in [0.15, 0.2) is 6.61 Å². The van der Waals surface area contributed by atoms with Crippen molar-refractivity contribution in [2.45, 2.75) is 53.2 Å². The van der Waals surface area contributed by atoms with Gasteiger partial charge in [0.25, 0.3) is 5.91 Å². The summed E-state index contributed by atoms with van der Waals surface area (Å²) in [6, 6.07) is 12.8. The van der Waals surface area contributed by atoms with E-state index >= 15 is 0 Å². The summed E-state index contributed by atoms with van der Waals surface area (Å²) >= 11 is 3.46. The Hall–Kier alpha value is -2.34. The molecule has 0 aliphatic heterocycles. The largest absolute Gasteiger partial charge is 0.483 e. The van der Waals surface area contributed by atoms with Crippen molar-refractivity contribution in [1.29, 1.82) is 0 Å². The van der Waals surface area contributed by atoms with Crippen molar-refractivity contribution >= 4 is 27.7 Å². The van der Waals surface area contributed by atoms with Gasteiger partial charge in [0.2, 0.25) is 5.91 Å². The number of benzene rings is 2. The van der Waals surface area contributed by atoms with Crippen LogP contribution in [-0.2, 0) is 16.1 Å². The molecule has 0 spiro atoms. The number of nitrogens with one attached hydrogen (secondary N) is 1.